The molecule has 2 N–H and O–H groups in total. The fourth-order valence-corrected chi connectivity index (χ4v) is 4.39. The highest BCUT2D eigenvalue weighted by atomic mass is 16.2. The van der Waals surface area contributed by atoms with E-state index in [2.05, 4.69) is 38.0 Å². The van der Waals surface area contributed by atoms with Crippen LogP contribution in [0.4, 0.5) is 5.69 Å². The summed E-state index contributed by atoms with van der Waals surface area (Å²) in [5, 5.41) is 14.2. The third-order valence-electron chi connectivity index (χ3n) is 6.05. The van der Waals surface area contributed by atoms with Crippen molar-refractivity contribution in [3.63, 3.8) is 0 Å². The molecule has 1 aromatic carbocycles. The Morgan fingerprint density at radius 1 is 1.07 bits per heavy atom. The summed E-state index contributed by atoms with van der Waals surface area (Å²) in [5.41, 5.74) is 2.47. The summed E-state index contributed by atoms with van der Waals surface area (Å²) in [4.78, 5) is 25.9. The molecule has 1 saturated carbocycles. The second kappa shape index (κ2) is 9.38. The molecule has 1 aliphatic heterocycles. The zero-order valence-corrected chi connectivity index (χ0v) is 17.5. The zero-order chi connectivity index (χ0) is 20.9. The molecule has 0 atom stereocenters. The first-order valence-corrected chi connectivity index (χ1v) is 10.9. The smallest absolute Gasteiger partial charge is 0.273 e. The number of aromatic nitrogens is 3. The summed E-state index contributed by atoms with van der Waals surface area (Å²) < 4.78 is 1.86. The number of nitrogens with one attached hydrogen (secondary N) is 2. The predicted molar refractivity (Wildman–Crippen MR) is 114 cm³/mol. The maximum atomic E-state index is 12.4. The Balaban J connectivity index is 1.26. The van der Waals surface area contributed by atoms with Gasteiger partial charge in [0.2, 0.25) is 5.91 Å². The predicted octanol–water partition coefficient (Wildman–Crippen LogP) is 2.75. The number of carbonyl (C=O) groups excluding carboxylic acids is 2. The summed E-state index contributed by atoms with van der Waals surface area (Å²) in [5.74, 6) is -0.162. The molecule has 1 aliphatic carbocycles. The first kappa shape index (κ1) is 20.5. The molecule has 2 heterocycles. The molecular weight excluding hydrogens is 380 g/mol. The second-order valence-electron chi connectivity index (χ2n) is 8.42. The fourth-order valence-electron chi connectivity index (χ4n) is 4.39. The summed E-state index contributed by atoms with van der Waals surface area (Å²) in [6, 6.07) is 8.57. The molecule has 2 fully saturated rings. The molecule has 4 rings (SSSR count). The van der Waals surface area contributed by atoms with Crippen LogP contribution >= 0.6 is 0 Å². The number of benzene rings is 1. The van der Waals surface area contributed by atoms with E-state index in [0.717, 1.165) is 51.0 Å². The van der Waals surface area contributed by atoms with Crippen molar-refractivity contribution in [3.05, 3.63) is 41.7 Å². The van der Waals surface area contributed by atoms with Gasteiger partial charge < -0.3 is 10.6 Å². The standard InChI is InChI=1S/C22H30N6O2/c1-16(29)23-19-8-6-17(7-9-19)14-27-12-10-20(11-13-27)28-15-21(25-26-28)22(30)24-18-4-2-3-5-18/h6-9,15,18,20H,2-5,10-14H2,1H3,(H,23,29)(H,24,30). The number of rotatable bonds is 6. The van der Waals surface area contributed by atoms with Crippen LogP contribution in [-0.4, -0.2) is 50.8 Å². The summed E-state index contributed by atoms with van der Waals surface area (Å²) >= 11 is 0. The van der Waals surface area contributed by atoms with Gasteiger partial charge >= 0.3 is 0 Å². The van der Waals surface area contributed by atoms with E-state index in [9.17, 15) is 9.59 Å². The van der Waals surface area contributed by atoms with Gasteiger partial charge in [0.1, 0.15) is 0 Å². The monoisotopic (exact) mass is 410 g/mol. The highest BCUT2D eigenvalue weighted by molar-refractivity contribution is 5.92. The van der Waals surface area contributed by atoms with Gasteiger partial charge in [-0.2, -0.15) is 0 Å². The number of carbonyl (C=O) groups is 2. The lowest BCUT2D eigenvalue weighted by Crippen LogP contribution is -2.34. The minimum Gasteiger partial charge on any atom is -0.348 e. The van der Waals surface area contributed by atoms with Gasteiger partial charge in [-0.15, -0.1) is 5.10 Å². The topological polar surface area (TPSA) is 92.2 Å². The molecule has 8 heteroatoms. The van der Waals surface area contributed by atoms with Crippen LogP contribution in [-0.2, 0) is 11.3 Å². The molecule has 1 saturated heterocycles. The Labute approximate surface area is 177 Å². The van der Waals surface area contributed by atoms with Gasteiger partial charge in [-0.05, 0) is 43.4 Å². The van der Waals surface area contributed by atoms with Crippen molar-refractivity contribution in [2.45, 2.75) is 64.1 Å². The number of amides is 2. The van der Waals surface area contributed by atoms with Crippen LogP contribution in [0.15, 0.2) is 30.5 Å². The number of anilines is 1. The second-order valence-corrected chi connectivity index (χ2v) is 8.42. The minimum absolute atomic E-state index is 0.0582. The average Bonchev–Trinajstić information content (AvgIpc) is 3.42. The molecule has 0 unspecified atom stereocenters. The van der Waals surface area contributed by atoms with E-state index in [4.69, 9.17) is 0 Å². The lowest BCUT2D eigenvalue weighted by atomic mass is 10.0. The molecule has 0 spiro atoms. The molecule has 160 valence electrons. The van der Waals surface area contributed by atoms with Gasteiger partial charge in [0.25, 0.3) is 5.91 Å². The molecular formula is C22H30N6O2. The van der Waals surface area contributed by atoms with E-state index in [1.165, 1.54) is 25.3 Å². The van der Waals surface area contributed by atoms with Crippen molar-refractivity contribution in [3.8, 4) is 0 Å². The normalized spacial score (nSPS) is 18.4. The third-order valence-corrected chi connectivity index (χ3v) is 6.05. The lowest BCUT2D eigenvalue weighted by molar-refractivity contribution is -0.114. The van der Waals surface area contributed by atoms with Crippen molar-refractivity contribution in [1.29, 1.82) is 0 Å². The number of hydrogen-bond donors (Lipinski definition) is 2. The first-order chi connectivity index (χ1) is 14.6. The molecule has 0 radical (unpaired) electrons. The highest BCUT2D eigenvalue weighted by Crippen LogP contribution is 2.24. The van der Waals surface area contributed by atoms with E-state index in [-0.39, 0.29) is 23.9 Å². The lowest BCUT2D eigenvalue weighted by Gasteiger charge is -2.31. The SMILES string of the molecule is CC(=O)Nc1ccc(CN2CCC(n3cc(C(=O)NC4CCCC4)nn3)CC2)cc1. The van der Waals surface area contributed by atoms with Crippen molar-refractivity contribution in [1.82, 2.24) is 25.2 Å². The van der Waals surface area contributed by atoms with Crippen LogP contribution in [0, 0.1) is 0 Å². The largest absolute Gasteiger partial charge is 0.348 e. The van der Waals surface area contributed by atoms with Gasteiger partial charge in [-0.1, -0.05) is 30.2 Å². The van der Waals surface area contributed by atoms with E-state index >= 15 is 0 Å². The Morgan fingerprint density at radius 2 is 1.77 bits per heavy atom. The molecule has 8 nitrogen and oxygen atoms in total. The van der Waals surface area contributed by atoms with E-state index in [1.54, 1.807) is 6.20 Å². The van der Waals surface area contributed by atoms with E-state index in [1.807, 2.05) is 16.8 Å². The van der Waals surface area contributed by atoms with Crippen molar-refractivity contribution in [2.24, 2.45) is 0 Å². The van der Waals surface area contributed by atoms with E-state index < -0.39 is 0 Å². The van der Waals surface area contributed by atoms with E-state index in [0.29, 0.717) is 5.69 Å². The maximum Gasteiger partial charge on any atom is 0.273 e. The van der Waals surface area contributed by atoms with Gasteiger partial charge in [-0.3, -0.25) is 14.5 Å². The van der Waals surface area contributed by atoms with Gasteiger partial charge in [-0.25, -0.2) is 4.68 Å². The van der Waals surface area contributed by atoms with Crippen LogP contribution in [0.3, 0.4) is 0 Å². The summed E-state index contributed by atoms with van der Waals surface area (Å²) in [7, 11) is 0. The summed E-state index contributed by atoms with van der Waals surface area (Å²) in [6.45, 7) is 4.35. The van der Waals surface area contributed by atoms with Crippen LogP contribution in [0.5, 0.6) is 0 Å². The van der Waals surface area contributed by atoms with Crippen molar-refractivity contribution >= 4 is 17.5 Å². The molecule has 0 bridgehead atoms. The minimum atomic E-state index is -0.103. The Bertz CT molecular complexity index is 864. The van der Waals surface area contributed by atoms with Gasteiger partial charge in [0.05, 0.1) is 12.2 Å². The Kier molecular flexibility index (Phi) is 6.42. The number of likely N-dealkylation sites (tertiary alicyclic amines) is 1. The quantitative estimate of drug-likeness (QED) is 0.764. The molecule has 30 heavy (non-hydrogen) atoms. The maximum absolute atomic E-state index is 12.4. The van der Waals surface area contributed by atoms with Gasteiger partial charge in [0.15, 0.2) is 5.69 Å². The molecule has 2 aromatic rings. The Hall–Kier alpha value is -2.74. The first-order valence-electron chi connectivity index (χ1n) is 10.9. The van der Waals surface area contributed by atoms with Gasteiger partial charge in [0, 0.05) is 38.3 Å². The average molecular weight is 411 g/mol. The number of hydrogen-bond acceptors (Lipinski definition) is 5. The fraction of sp³-hybridized carbons (Fsp3) is 0.545. The van der Waals surface area contributed by atoms with Crippen LogP contribution < -0.4 is 10.6 Å². The van der Waals surface area contributed by atoms with Crippen LogP contribution in [0.2, 0.25) is 0 Å². The van der Waals surface area contributed by atoms with Crippen LogP contribution in [0.1, 0.15) is 67.5 Å². The van der Waals surface area contributed by atoms with Crippen LogP contribution in [0.25, 0.3) is 0 Å². The molecule has 2 aliphatic rings. The zero-order valence-electron chi connectivity index (χ0n) is 17.5. The van der Waals surface area contributed by atoms with Crippen molar-refractivity contribution in [2.75, 3.05) is 18.4 Å². The molecule has 1 aromatic heterocycles. The highest BCUT2D eigenvalue weighted by Gasteiger charge is 2.24. The number of nitrogens with zero attached hydrogens (tertiary/aromatic N) is 4. The number of piperidine rings is 1. The third kappa shape index (κ3) is 5.24. The Morgan fingerprint density at radius 3 is 2.43 bits per heavy atom. The summed E-state index contributed by atoms with van der Waals surface area (Å²) in [6.07, 6.45) is 8.27. The molecule has 2 amide bonds. The van der Waals surface area contributed by atoms with Crippen molar-refractivity contribution < 1.29 is 9.59 Å².